The molecule has 2 aromatic heterocycles. The minimum atomic E-state index is -1.14. The van der Waals surface area contributed by atoms with Crippen molar-refractivity contribution in [1.82, 2.24) is 19.4 Å². The van der Waals surface area contributed by atoms with E-state index >= 15 is 0 Å². The third-order valence-corrected chi connectivity index (χ3v) is 3.42. The molecule has 0 aromatic carbocycles. The number of hydrogen-bond donors (Lipinski definition) is 2. The van der Waals surface area contributed by atoms with Crippen molar-refractivity contribution in [2.24, 2.45) is 7.05 Å². The first-order chi connectivity index (χ1) is 9.51. The summed E-state index contributed by atoms with van der Waals surface area (Å²) in [5.41, 5.74) is -1.15. The van der Waals surface area contributed by atoms with Crippen LogP contribution in [0, 0.1) is 0 Å². The number of likely N-dealkylation sites (tertiary alicyclic amines) is 1. The third-order valence-electron chi connectivity index (χ3n) is 3.42. The van der Waals surface area contributed by atoms with Gasteiger partial charge in [0.05, 0.1) is 13.1 Å². The lowest BCUT2D eigenvalue weighted by atomic mass is 9.92. The third kappa shape index (κ3) is 1.83. The van der Waals surface area contributed by atoms with Gasteiger partial charge < -0.3 is 19.7 Å². The van der Waals surface area contributed by atoms with Crippen molar-refractivity contribution in [1.29, 1.82) is 0 Å². The molecule has 0 saturated carbocycles. The topological polar surface area (TPSA) is 91.5 Å². The molecule has 104 valence electrons. The van der Waals surface area contributed by atoms with Crippen LogP contribution in [0.15, 0.2) is 30.7 Å². The van der Waals surface area contributed by atoms with Crippen molar-refractivity contribution in [2.45, 2.75) is 5.60 Å². The van der Waals surface area contributed by atoms with Crippen LogP contribution in [0.3, 0.4) is 0 Å². The summed E-state index contributed by atoms with van der Waals surface area (Å²) in [6, 6.07) is 2.96. The lowest BCUT2D eigenvalue weighted by Crippen LogP contribution is -2.62. The minimum Gasteiger partial charge on any atom is -0.505 e. The first kappa shape index (κ1) is 12.6. The SMILES string of the molecule is Cn1ccnc1C1(O)CN(C(=O)c2ncccc2O)C1. The summed E-state index contributed by atoms with van der Waals surface area (Å²) < 4.78 is 1.72. The van der Waals surface area contributed by atoms with Crippen LogP contribution in [0.25, 0.3) is 0 Å². The Morgan fingerprint density at radius 1 is 1.35 bits per heavy atom. The van der Waals surface area contributed by atoms with Crippen molar-refractivity contribution in [2.75, 3.05) is 13.1 Å². The number of carbonyl (C=O) groups is 1. The maximum absolute atomic E-state index is 12.2. The van der Waals surface area contributed by atoms with Gasteiger partial charge >= 0.3 is 0 Å². The second-order valence-electron chi connectivity index (χ2n) is 4.93. The van der Waals surface area contributed by atoms with Gasteiger partial charge in [-0.25, -0.2) is 9.97 Å². The Bertz CT molecular complexity index is 661. The Morgan fingerprint density at radius 3 is 2.70 bits per heavy atom. The number of aliphatic hydroxyl groups is 1. The molecule has 3 heterocycles. The predicted molar refractivity (Wildman–Crippen MR) is 68.9 cm³/mol. The quantitative estimate of drug-likeness (QED) is 0.795. The summed E-state index contributed by atoms with van der Waals surface area (Å²) in [5, 5.41) is 20.0. The van der Waals surface area contributed by atoms with Crippen LogP contribution in [0.2, 0.25) is 0 Å². The fraction of sp³-hybridized carbons (Fsp3) is 0.308. The lowest BCUT2D eigenvalue weighted by molar-refractivity contribution is -0.0940. The summed E-state index contributed by atoms with van der Waals surface area (Å²) in [7, 11) is 1.79. The molecular weight excluding hydrogens is 260 g/mol. The van der Waals surface area contributed by atoms with Crippen molar-refractivity contribution in [3.63, 3.8) is 0 Å². The molecule has 1 saturated heterocycles. The Kier molecular flexibility index (Phi) is 2.72. The first-order valence-electron chi connectivity index (χ1n) is 6.15. The highest BCUT2D eigenvalue weighted by molar-refractivity contribution is 5.95. The summed E-state index contributed by atoms with van der Waals surface area (Å²) in [6.07, 6.45) is 4.78. The highest BCUT2D eigenvalue weighted by atomic mass is 16.3. The number of rotatable bonds is 2. The fourth-order valence-corrected chi connectivity index (χ4v) is 2.40. The first-order valence-corrected chi connectivity index (χ1v) is 6.15. The van der Waals surface area contributed by atoms with Crippen LogP contribution in [0.5, 0.6) is 5.75 Å². The Hall–Kier alpha value is -2.41. The monoisotopic (exact) mass is 274 g/mol. The maximum atomic E-state index is 12.2. The average molecular weight is 274 g/mol. The van der Waals surface area contributed by atoms with Gasteiger partial charge in [-0.15, -0.1) is 0 Å². The zero-order valence-corrected chi connectivity index (χ0v) is 10.9. The highest BCUT2D eigenvalue weighted by Crippen LogP contribution is 2.32. The number of carbonyl (C=O) groups excluding carboxylic acids is 1. The molecule has 1 amide bonds. The number of β-amino-alcohol motifs (C(OH)–C–C–N with tert-alkyl or cyclic N) is 1. The second-order valence-corrected chi connectivity index (χ2v) is 4.93. The van der Waals surface area contributed by atoms with Gasteiger partial charge in [-0.05, 0) is 12.1 Å². The largest absolute Gasteiger partial charge is 0.505 e. The van der Waals surface area contributed by atoms with E-state index in [0.29, 0.717) is 5.82 Å². The molecular formula is C13H14N4O3. The van der Waals surface area contributed by atoms with E-state index in [9.17, 15) is 15.0 Å². The lowest BCUT2D eigenvalue weighted by Gasteiger charge is -2.45. The summed E-state index contributed by atoms with van der Waals surface area (Å²) in [6.45, 7) is 0.263. The molecule has 7 heteroatoms. The van der Waals surface area contributed by atoms with Gasteiger partial charge in [-0.3, -0.25) is 4.79 Å². The molecule has 1 aliphatic rings. The van der Waals surface area contributed by atoms with E-state index in [4.69, 9.17) is 0 Å². The number of nitrogens with zero attached hydrogens (tertiary/aromatic N) is 4. The Labute approximate surface area is 115 Å². The number of pyridine rings is 1. The number of aromatic nitrogens is 3. The van der Waals surface area contributed by atoms with Crippen LogP contribution in [-0.2, 0) is 12.6 Å². The van der Waals surface area contributed by atoms with E-state index in [2.05, 4.69) is 9.97 Å². The molecule has 0 spiro atoms. The number of amides is 1. The summed E-state index contributed by atoms with van der Waals surface area (Å²) in [5.74, 6) is -0.0429. The smallest absolute Gasteiger partial charge is 0.276 e. The van der Waals surface area contributed by atoms with E-state index in [-0.39, 0.29) is 24.5 Å². The molecule has 0 bridgehead atoms. The zero-order valence-electron chi connectivity index (χ0n) is 10.9. The minimum absolute atomic E-state index is 0.00519. The molecule has 3 rings (SSSR count). The maximum Gasteiger partial charge on any atom is 0.276 e. The summed E-state index contributed by atoms with van der Waals surface area (Å²) in [4.78, 5) is 21.6. The van der Waals surface area contributed by atoms with Crippen LogP contribution >= 0.6 is 0 Å². The van der Waals surface area contributed by atoms with Gasteiger partial charge in [-0.2, -0.15) is 0 Å². The normalized spacial score (nSPS) is 16.8. The van der Waals surface area contributed by atoms with Gasteiger partial charge in [0.15, 0.2) is 11.3 Å². The van der Waals surface area contributed by atoms with E-state index in [0.717, 1.165) is 0 Å². The van der Waals surface area contributed by atoms with Crippen LogP contribution in [0.1, 0.15) is 16.3 Å². The average Bonchev–Trinajstić information content (AvgIpc) is 2.81. The van der Waals surface area contributed by atoms with Crippen molar-refractivity contribution in [3.8, 4) is 5.75 Å². The molecule has 2 N–H and O–H groups in total. The van der Waals surface area contributed by atoms with Gasteiger partial charge in [0.1, 0.15) is 11.6 Å². The van der Waals surface area contributed by atoms with E-state index in [1.807, 2.05) is 0 Å². The molecule has 0 unspecified atom stereocenters. The van der Waals surface area contributed by atoms with E-state index < -0.39 is 11.5 Å². The van der Waals surface area contributed by atoms with Crippen LogP contribution in [0.4, 0.5) is 0 Å². The molecule has 0 aliphatic carbocycles. The predicted octanol–water partition coefficient (Wildman–Crippen LogP) is -0.136. The molecule has 2 aromatic rings. The Morgan fingerprint density at radius 2 is 2.10 bits per heavy atom. The molecule has 1 fully saturated rings. The number of aryl methyl sites for hydroxylation is 1. The van der Waals surface area contributed by atoms with Gasteiger partial charge in [0.25, 0.3) is 5.91 Å². The standard InChI is InChI=1S/C13H14N4O3/c1-16-6-5-15-12(16)13(20)7-17(8-13)11(19)10-9(18)3-2-4-14-10/h2-6,18,20H,7-8H2,1H3. The number of hydrogen-bond acceptors (Lipinski definition) is 5. The molecule has 7 nitrogen and oxygen atoms in total. The Balaban J connectivity index is 1.76. The zero-order chi connectivity index (χ0) is 14.3. The van der Waals surface area contributed by atoms with Crippen LogP contribution in [-0.4, -0.2) is 48.6 Å². The molecule has 20 heavy (non-hydrogen) atoms. The van der Waals surface area contributed by atoms with Gasteiger partial charge in [0.2, 0.25) is 0 Å². The number of aromatic hydroxyl groups is 1. The fourth-order valence-electron chi connectivity index (χ4n) is 2.40. The second kappa shape index (κ2) is 4.31. The van der Waals surface area contributed by atoms with Gasteiger partial charge in [-0.1, -0.05) is 0 Å². The molecule has 0 atom stereocenters. The summed E-state index contributed by atoms with van der Waals surface area (Å²) >= 11 is 0. The van der Waals surface area contributed by atoms with E-state index in [1.54, 1.807) is 30.1 Å². The van der Waals surface area contributed by atoms with Crippen LogP contribution < -0.4 is 0 Å². The highest BCUT2D eigenvalue weighted by Gasteiger charge is 2.48. The van der Waals surface area contributed by atoms with Crippen molar-refractivity contribution >= 4 is 5.91 Å². The number of imidazole rings is 1. The van der Waals surface area contributed by atoms with Crippen molar-refractivity contribution < 1.29 is 15.0 Å². The van der Waals surface area contributed by atoms with E-state index in [1.165, 1.54) is 17.2 Å². The molecule has 1 aliphatic heterocycles. The van der Waals surface area contributed by atoms with Gasteiger partial charge in [0, 0.05) is 25.6 Å². The molecule has 0 radical (unpaired) electrons. The van der Waals surface area contributed by atoms with Crippen molar-refractivity contribution in [3.05, 3.63) is 42.2 Å².